The molecule has 0 saturated carbocycles. The Hall–Kier alpha value is -4.69. The van der Waals surface area contributed by atoms with Crippen LogP contribution in [0.3, 0.4) is 0 Å². The summed E-state index contributed by atoms with van der Waals surface area (Å²) in [5.74, 6) is 0. The van der Waals surface area contributed by atoms with Gasteiger partial charge in [0.05, 0.1) is 0 Å². The van der Waals surface area contributed by atoms with E-state index in [1.807, 2.05) is 18.5 Å². The van der Waals surface area contributed by atoms with Crippen LogP contribution in [0.2, 0.25) is 0 Å². The number of aromatic nitrogens is 2. The summed E-state index contributed by atoms with van der Waals surface area (Å²) in [6, 6.07) is 46.4. The van der Waals surface area contributed by atoms with Crippen LogP contribution in [-0.2, 0) is 41.8 Å². The van der Waals surface area contributed by atoms with E-state index in [4.69, 9.17) is 4.98 Å². The normalized spacial score (nSPS) is 14.5. The van der Waals surface area contributed by atoms with E-state index in [-0.39, 0.29) is 41.8 Å². The Morgan fingerprint density at radius 2 is 1.24 bits per heavy atom. The molecule has 279 valence electrons. The molecule has 2 heterocycles. The average Bonchev–Trinajstić information content (AvgIpc) is 3.54. The summed E-state index contributed by atoms with van der Waals surface area (Å²) in [6.07, 6.45) is 3.87. The molecule has 0 saturated heterocycles. The molecule has 0 unspecified atom stereocenters. The van der Waals surface area contributed by atoms with Gasteiger partial charge in [0, 0.05) is 37.9 Å². The number of hydrogen-bond acceptors (Lipinski definition) is 2. The van der Waals surface area contributed by atoms with Crippen LogP contribution in [0.15, 0.2) is 122 Å². The quantitative estimate of drug-likeness (QED) is 0.162. The zero-order chi connectivity index (χ0) is 38.2. The van der Waals surface area contributed by atoms with Gasteiger partial charge in [0.1, 0.15) is 0 Å². The Morgan fingerprint density at radius 3 is 2.00 bits per heavy atom. The molecule has 0 fully saturated rings. The van der Waals surface area contributed by atoms with Crippen molar-refractivity contribution >= 4 is 10.8 Å². The molecule has 2 aliphatic carbocycles. The van der Waals surface area contributed by atoms with Crippen molar-refractivity contribution in [3.63, 3.8) is 0 Å². The Kier molecular flexibility index (Phi) is 9.68. The molecule has 0 aliphatic heterocycles. The molecule has 0 bridgehead atoms. The van der Waals surface area contributed by atoms with Crippen LogP contribution in [0.25, 0.3) is 55.5 Å². The molecule has 55 heavy (non-hydrogen) atoms. The van der Waals surface area contributed by atoms with Gasteiger partial charge in [0.15, 0.2) is 0 Å². The largest absolute Gasteiger partial charge is 0.305 e. The van der Waals surface area contributed by atoms with Gasteiger partial charge in [-0.2, -0.15) is 0 Å². The predicted molar refractivity (Wildman–Crippen MR) is 227 cm³/mol. The van der Waals surface area contributed by atoms with Crippen LogP contribution in [0.5, 0.6) is 0 Å². The van der Waals surface area contributed by atoms with Gasteiger partial charge in [-0.05, 0) is 83.9 Å². The predicted octanol–water partition coefficient (Wildman–Crippen LogP) is 13.5. The smallest absolute Gasteiger partial charge is 0.0167 e. The van der Waals surface area contributed by atoms with Crippen LogP contribution >= 0.6 is 0 Å². The molecule has 2 aliphatic rings. The first-order valence-electron chi connectivity index (χ1n) is 19.2. The van der Waals surface area contributed by atoms with E-state index in [1.54, 1.807) is 0 Å². The topological polar surface area (TPSA) is 25.8 Å². The second-order valence-corrected chi connectivity index (χ2v) is 18.2. The number of rotatable bonds is 2. The Balaban J connectivity index is 0.000000191. The molecule has 0 N–H and O–H groups in total. The summed E-state index contributed by atoms with van der Waals surface area (Å²) in [5, 5.41) is 2.60. The number of fused-ring (bicyclic) bond motifs is 8. The molecule has 0 atom stereocenters. The van der Waals surface area contributed by atoms with Crippen LogP contribution in [0, 0.1) is 12.1 Å². The first-order chi connectivity index (χ1) is 25.6. The molecule has 1 radical (unpaired) electrons. The van der Waals surface area contributed by atoms with Crippen LogP contribution in [0.1, 0.15) is 103 Å². The SMILES string of the molecule is CC(C)(C)c1cc[c-]c(-c2cc(C(C)(C)C)ccn2)c1.CC1(C)c2ccccc2-c2c[c-]c(-c3nccc4c3C(C)(C)c3ccc5ccccc5c3-4)cc21.[Ir]. The van der Waals surface area contributed by atoms with E-state index >= 15 is 0 Å². The minimum Gasteiger partial charge on any atom is -0.305 e. The number of nitrogens with zero attached hydrogens (tertiary/aromatic N) is 2. The average molecular weight is 895 g/mol. The van der Waals surface area contributed by atoms with E-state index in [9.17, 15) is 0 Å². The molecule has 5 aromatic carbocycles. The minimum absolute atomic E-state index is 0. The van der Waals surface area contributed by atoms with Crippen molar-refractivity contribution in [1.29, 1.82) is 0 Å². The molecular formula is C52H50IrN2-2. The molecule has 9 rings (SSSR count). The summed E-state index contributed by atoms with van der Waals surface area (Å²) in [4.78, 5) is 9.49. The first kappa shape index (κ1) is 38.6. The molecule has 3 heteroatoms. The first-order valence-corrected chi connectivity index (χ1v) is 19.2. The van der Waals surface area contributed by atoms with Gasteiger partial charge >= 0.3 is 0 Å². The van der Waals surface area contributed by atoms with Crippen molar-refractivity contribution in [2.24, 2.45) is 0 Å². The van der Waals surface area contributed by atoms with Crippen molar-refractivity contribution in [2.75, 3.05) is 0 Å². The second-order valence-electron chi connectivity index (χ2n) is 18.2. The summed E-state index contributed by atoms with van der Waals surface area (Å²) in [6.45, 7) is 22.7. The summed E-state index contributed by atoms with van der Waals surface area (Å²) < 4.78 is 0. The van der Waals surface area contributed by atoms with Gasteiger partial charge in [0.25, 0.3) is 0 Å². The third kappa shape index (κ3) is 6.60. The Morgan fingerprint density at radius 1 is 0.545 bits per heavy atom. The minimum atomic E-state index is -0.135. The maximum absolute atomic E-state index is 4.97. The fraction of sp³-hybridized carbons (Fsp3) is 0.269. The van der Waals surface area contributed by atoms with Gasteiger partial charge in [0.2, 0.25) is 0 Å². The van der Waals surface area contributed by atoms with Crippen molar-refractivity contribution in [3.8, 4) is 44.8 Å². The summed E-state index contributed by atoms with van der Waals surface area (Å²) in [5.41, 5.74) is 17.7. The fourth-order valence-electron chi connectivity index (χ4n) is 8.63. The zero-order valence-electron chi connectivity index (χ0n) is 33.8. The Bertz CT molecular complexity index is 2520. The van der Waals surface area contributed by atoms with Crippen molar-refractivity contribution < 1.29 is 20.1 Å². The van der Waals surface area contributed by atoms with Crippen molar-refractivity contribution in [2.45, 2.75) is 90.9 Å². The van der Waals surface area contributed by atoms with Gasteiger partial charge in [-0.25, -0.2) is 0 Å². The molecule has 2 aromatic heterocycles. The van der Waals surface area contributed by atoms with Crippen LogP contribution < -0.4 is 0 Å². The van der Waals surface area contributed by atoms with Crippen LogP contribution in [-0.4, -0.2) is 9.97 Å². The molecule has 7 aromatic rings. The zero-order valence-corrected chi connectivity index (χ0v) is 36.2. The maximum atomic E-state index is 4.97. The van der Waals surface area contributed by atoms with E-state index in [0.29, 0.717) is 0 Å². The van der Waals surface area contributed by atoms with Gasteiger partial charge in [-0.1, -0.05) is 147 Å². The van der Waals surface area contributed by atoms with Gasteiger partial charge in [-0.3, -0.25) is 0 Å². The van der Waals surface area contributed by atoms with Crippen molar-refractivity contribution in [3.05, 3.63) is 167 Å². The second kappa shape index (κ2) is 13.8. The summed E-state index contributed by atoms with van der Waals surface area (Å²) in [7, 11) is 0. The van der Waals surface area contributed by atoms with E-state index in [0.717, 1.165) is 22.5 Å². The summed E-state index contributed by atoms with van der Waals surface area (Å²) >= 11 is 0. The fourth-order valence-corrected chi connectivity index (χ4v) is 8.63. The van der Waals surface area contributed by atoms with E-state index in [2.05, 4.69) is 189 Å². The number of pyridine rings is 2. The van der Waals surface area contributed by atoms with Crippen molar-refractivity contribution in [1.82, 2.24) is 9.97 Å². The van der Waals surface area contributed by atoms with E-state index in [1.165, 1.54) is 66.4 Å². The third-order valence-corrected chi connectivity index (χ3v) is 11.8. The van der Waals surface area contributed by atoms with Crippen LogP contribution in [0.4, 0.5) is 0 Å². The van der Waals surface area contributed by atoms with Gasteiger partial charge < -0.3 is 9.97 Å². The third-order valence-electron chi connectivity index (χ3n) is 11.8. The molecular weight excluding hydrogens is 845 g/mol. The molecule has 2 nitrogen and oxygen atoms in total. The Labute approximate surface area is 341 Å². The molecule has 0 spiro atoms. The maximum Gasteiger partial charge on any atom is 0.0167 e. The van der Waals surface area contributed by atoms with E-state index < -0.39 is 0 Å². The molecule has 0 amide bonds. The number of hydrogen-bond donors (Lipinski definition) is 0. The number of benzene rings is 5. The monoisotopic (exact) mass is 895 g/mol. The standard InChI is InChI=1S/C33H26N.C19H24N.Ir/c1-32(2)26-12-8-7-11-23(26)24-15-13-21(19-28(24)32)31-30-25(17-18-34-31)29-22-10-6-5-9-20(22)14-16-27(29)33(30,3)4;1-18(2,3)15-9-7-8-14(12-15)17-13-16(10-11-20-17)19(4,5)6;/h5-12,14-19H,1-4H3;7,9-13H,1-6H3;/q2*-1;. The van der Waals surface area contributed by atoms with Gasteiger partial charge in [-0.15, -0.1) is 64.7 Å².